The summed E-state index contributed by atoms with van der Waals surface area (Å²) in [6.07, 6.45) is 1.02. The van der Waals surface area contributed by atoms with Crippen LogP contribution in [-0.2, 0) is 0 Å². The fourth-order valence-corrected chi connectivity index (χ4v) is 3.46. The monoisotopic (exact) mass is 402 g/mol. The van der Waals surface area contributed by atoms with Gasteiger partial charge in [-0.25, -0.2) is 4.39 Å². The Bertz CT molecular complexity index is 746. The van der Waals surface area contributed by atoms with Crippen LogP contribution in [0.25, 0.3) is 0 Å². The van der Waals surface area contributed by atoms with Crippen molar-refractivity contribution >= 4 is 28.7 Å². The van der Waals surface area contributed by atoms with Gasteiger partial charge in [0.25, 0.3) is 0 Å². The van der Waals surface area contributed by atoms with Crippen molar-refractivity contribution in [2.24, 2.45) is 0 Å². The van der Waals surface area contributed by atoms with Crippen molar-refractivity contribution in [1.82, 2.24) is 10.2 Å². The summed E-state index contributed by atoms with van der Waals surface area (Å²) in [4.78, 5) is 4.90. The number of rotatable bonds is 7. The lowest BCUT2D eigenvalue weighted by Crippen LogP contribution is -2.47. The Morgan fingerprint density at radius 2 is 1.71 bits per heavy atom. The van der Waals surface area contributed by atoms with Crippen LogP contribution in [0.3, 0.4) is 0 Å². The van der Waals surface area contributed by atoms with E-state index in [1.54, 1.807) is 19.2 Å². The number of nitrogens with zero attached hydrogens (tertiary/aromatic N) is 2. The molecule has 0 bridgehead atoms. The highest BCUT2D eigenvalue weighted by atomic mass is 32.1. The standard InChI is InChI=1S/C21H27FN4OS/c1-27-20-9-7-19(8-10-20)26-15-13-25(14-16-26)12-2-11-23-21(28)24-18-5-3-17(22)4-6-18/h3-10H,2,11-16H2,1H3,(H2,23,24,28). The van der Waals surface area contributed by atoms with Crippen LogP contribution in [0.15, 0.2) is 48.5 Å². The fraction of sp³-hybridized carbons (Fsp3) is 0.381. The van der Waals surface area contributed by atoms with Crippen LogP contribution in [0, 0.1) is 5.82 Å². The number of piperazine rings is 1. The SMILES string of the molecule is COc1ccc(N2CCN(CCCNC(=S)Nc3ccc(F)cc3)CC2)cc1. The predicted molar refractivity (Wildman–Crippen MR) is 117 cm³/mol. The maximum absolute atomic E-state index is 12.9. The molecule has 3 rings (SSSR count). The third kappa shape index (κ3) is 6.07. The molecule has 1 heterocycles. The molecule has 150 valence electrons. The molecule has 0 atom stereocenters. The van der Waals surface area contributed by atoms with Gasteiger partial charge in [-0.1, -0.05) is 0 Å². The van der Waals surface area contributed by atoms with Gasteiger partial charge in [-0.2, -0.15) is 0 Å². The molecule has 0 amide bonds. The van der Waals surface area contributed by atoms with Gasteiger partial charge in [0.1, 0.15) is 11.6 Å². The second-order valence-electron chi connectivity index (χ2n) is 6.77. The minimum atomic E-state index is -0.253. The Kier molecular flexibility index (Phi) is 7.45. The molecule has 1 fully saturated rings. The number of methoxy groups -OCH3 is 1. The van der Waals surface area contributed by atoms with Crippen LogP contribution in [0.1, 0.15) is 6.42 Å². The van der Waals surface area contributed by atoms with E-state index in [0.29, 0.717) is 5.11 Å². The van der Waals surface area contributed by atoms with Crippen molar-refractivity contribution in [2.45, 2.75) is 6.42 Å². The van der Waals surface area contributed by atoms with Crippen LogP contribution in [0.4, 0.5) is 15.8 Å². The van der Waals surface area contributed by atoms with E-state index in [-0.39, 0.29) is 5.82 Å². The van der Waals surface area contributed by atoms with Gasteiger partial charge in [0, 0.05) is 44.1 Å². The van der Waals surface area contributed by atoms with Gasteiger partial charge < -0.3 is 20.3 Å². The first-order valence-corrected chi connectivity index (χ1v) is 9.96. The third-order valence-corrected chi connectivity index (χ3v) is 5.10. The summed E-state index contributed by atoms with van der Waals surface area (Å²) in [6, 6.07) is 14.4. The highest BCUT2D eigenvalue weighted by molar-refractivity contribution is 7.80. The lowest BCUT2D eigenvalue weighted by Gasteiger charge is -2.36. The average molecular weight is 403 g/mol. The van der Waals surface area contributed by atoms with Crippen LogP contribution < -0.4 is 20.3 Å². The molecule has 1 aliphatic heterocycles. The van der Waals surface area contributed by atoms with Gasteiger partial charge in [-0.3, -0.25) is 4.90 Å². The van der Waals surface area contributed by atoms with Gasteiger partial charge in [0.05, 0.1) is 7.11 Å². The number of ether oxygens (including phenoxy) is 1. The first-order chi connectivity index (χ1) is 13.6. The van der Waals surface area contributed by atoms with Crippen LogP contribution >= 0.6 is 12.2 Å². The quantitative estimate of drug-likeness (QED) is 0.547. The van der Waals surface area contributed by atoms with Crippen molar-refractivity contribution < 1.29 is 9.13 Å². The second-order valence-corrected chi connectivity index (χ2v) is 7.18. The maximum Gasteiger partial charge on any atom is 0.170 e. The molecule has 0 spiro atoms. The highest BCUT2D eigenvalue weighted by Gasteiger charge is 2.16. The Morgan fingerprint density at radius 1 is 1.04 bits per heavy atom. The minimum absolute atomic E-state index is 0.253. The van der Waals surface area contributed by atoms with Crippen LogP contribution in [0.2, 0.25) is 0 Å². The van der Waals surface area contributed by atoms with E-state index >= 15 is 0 Å². The molecule has 0 unspecified atom stereocenters. The molecule has 2 aromatic carbocycles. The van der Waals surface area contributed by atoms with E-state index in [9.17, 15) is 4.39 Å². The van der Waals surface area contributed by atoms with Gasteiger partial charge in [0.15, 0.2) is 5.11 Å². The summed E-state index contributed by atoms with van der Waals surface area (Å²) >= 11 is 5.28. The Hall–Kier alpha value is -2.38. The number of hydrogen-bond donors (Lipinski definition) is 2. The molecule has 5 nitrogen and oxygen atoms in total. The molecule has 0 aliphatic carbocycles. The molecule has 1 aliphatic rings. The molecule has 0 radical (unpaired) electrons. The molecule has 1 saturated heterocycles. The van der Waals surface area contributed by atoms with Crippen LogP contribution in [-0.4, -0.2) is 56.4 Å². The smallest absolute Gasteiger partial charge is 0.170 e. The molecule has 0 saturated carbocycles. The molecule has 28 heavy (non-hydrogen) atoms. The summed E-state index contributed by atoms with van der Waals surface area (Å²) < 4.78 is 18.1. The van der Waals surface area contributed by atoms with Crippen molar-refractivity contribution in [3.63, 3.8) is 0 Å². The number of thiocarbonyl (C=S) groups is 1. The molecule has 2 aromatic rings. The van der Waals surface area contributed by atoms with E-state index in [1.165, 1.54) is 17.8 Å². The number of anilines is 2. The Labute approximate surface area is 171 Å². The van der Waals surface area contributed by atoms with Crippen molar-refractivity contribution in [1.29, 1.82) is 0 Å². The molecular formula is C21H27FN4OS. The van der Waals surface area contributed by atoms with Gasteiger partial charge >= 0.3 is 0 Å². The first-order valence-electron chi connectivity index (χ1n) is 9.56. The minimum Gasteiger partial charge on any atom is -0.497 e. The molecular weight excluding hydrogens is 375 g/mol. The lowest BCUT2D eigenvalue weighted by atomic mass is 10.2. The zero-order chi connectivity index (χ0) is 19.8. The van der Waals surface area contributed by atoms with Crippen molar-refractivity contribution in [3.8, 4) is 5.75 Å². The molecule has 7 heteroatoms. The van der Waals surface area contributed by atoms with E-state index in [1.807, 2.05) is 12.1 Å². The summed E-state index contributed by atoms with van der Waals surface area (Å²) in [5, 5.41) is 6.84. The number of nitrogens with one attached hydrogen (secondary N) is 2. The summed E-state index contributed by atoms with van der Waals surface area (Å²) in [7, 11) is 1.69. The zero-order valence-corrected chi connectivity index (χ0v) is 17.0. The second kappa shape index (κ2) is 10.2. The van der Waals surface area contributed by atoms with Crippen molar-refractivity contribution in [2.75, 3.05) is 56.6 Å². The zero-order valence-electron chi connectivity index (χ0n) is 16.2. The topological polar surface area (TPSA) is 39.8 Å². The number of halogens is 1. The highest BCUT2D eigenvalue weighted by Crippen LogP contribution is 2.20. The van der Waals surface area contributed by atoms with Gasteiger partial charge in [0.2, 0.25) is 0 Å². The van der Waals surface area contributed by atoms with E-state index < -0.39 is 0 Å². The van der Waals surface area contributed by atoms with E-state index in [2.05, 4.69) is 32.6 Å². The summed E-state index contributed by atoms with van der Waals surface area (Å²) in [5.41, 5.74) is 2.04. The predicted octanol–water partition coefficient (Wildman–Crippen LogP) is 3.33. The van der Waals surface area contributed by atoms with E-state index in [4.69, 9.17) is 17.0 Å². The number of hydrogen-bond acceptors (Lipinski definition) is 4. The molecule has 0 aromatic heterocycles. The normalized spacial score (nSPS) is 14.6. The summed E-state index contributed by atoms with van der Waals surface area (Å²) in [6.45, 7) is 6.04. The van der Waals surface area contributed by atoms with Gasteiger partial charge in [-0.15, -0.1) is 0 Å². The molecule has 2 N–H and O–H groups in total. The first kappa shape index (κ1) is 20.4. The maximum atomic E-state index is 12.9. The third-order valence-electron chi connectivity index (χ3n) is 4.85. The average Bonchev–Trinajstić information content (AvgIpc) is 2.73. The van der Waals surface area contributed by atoms with Crippen LogP contribution in [0.5, 0.6) is 5.75 Å². The number of benzene rings is 2. The Morgan fingerprint density at radius 3 is 2.36 bits per heavy atom. The Balaban J connectivity index is 1.31. The fourth-order valence-electron chi connectivity index (χ4n) is 3.24. The largest absolute Gasteiger partial charge is 0.497 e. The summed E-state index contributed by atoms with van der Waals surface area (Å²) in [5.74, 6) is 0.637. The van der Waals surface area contributed by atoms with Crippen molar-refractivity contribution in [3.05, 3.63) is 54.3 Å². The van der Waals surface area contributed by atoms with Gasteiger partial charge in [-0.05, 0) is 73.7 Å². The van der Waals surface area contributed by atoms with E-state index in [0.717, 1.165) is 57.1 Å². The lowest BCUT2D eigenvalue weighted by molar-refractivity contribution is 0.255.